The number of alkyl halides is 3. The highest BCUT2D eigenvalue weighted by atomic mass is 35.5. The number of benzene rings is 1. The molecule has 116 valence electrons. The largest absolute Gasteiger partial charge is 0.468 e. The number of thioether (sulfide) groups is 1. The van der Waals surface area contributed by atoms with Gasteiger partial charge in [-0.15, -0.1) is 11.8 Å². The maximum Gasteiger partial charge on any atom is 0.417 e. The van der Waals surface area contributed by atoms with Crippen molar-refractivity contribution in [2.45, 2.75) is 11.1 Å². The van der Waals surface area contributed by atoms with E-state index in [4.69, 9.17) is 11.6 Å². The van der Waals surface area contributed by atoms with Crippen molar-refractivity contribution in [2.75, 3.05) is 19.4 Å². The monoisotopic (exact) mass is 341 g/mol. The Morgan fingerprint density at radius 1 is 1.38 bits per heavy atom. The number of rotatable bonds is 5. The molecule has 0 radical (unpaired) electrons. The van der Waals surface area contributed by atoms with Crippen LogP contribution in [0.3, 0.4) is 0 Å². The number of halogens is 4. The van der Waals surface area contributed by atoms with Gasteiger partial charge >= 0.3 is 12.1 Å². The van der Waals surface area contributed by atoms with Crippen LogP contribution in [-0.2, 0) is 20.5 Å². The van der Waals surface area contributed by atoms with Crippen molar-refractivity contribution < 1.29 is 27.5 Å². The van der Waals surface area contributed by atoms with E-state index < -0.39 is 28.6 Å². The predicted molar refractivity (Wildman–Crippen MR) is 72.2 cm³/mol. The van der Waals surface area contributed by atoms with E-state index in [0.717, 1.165) is 23.9 Å². The van der Waals surface area contributed by atoms with Gasteiger partial charge in [-0.1, -0.05) is 11.6 Å². The highest BCUT2D eigenvalue weighted by Gasteiger charge is 2.33. The molecule has 1 aromatic carbocycles. The molecular formula is C12H11ClF3NO3S. The van der Waals surface area contributed by atoms with Crippen LogP contribution in [0.15, 0.2) is 23.1 Å². The third kappa shape index (κ3) is 5.84. The van der Waals surface area contributed by atoms with Gasteiger partial charge in [-0.3, -0.25) is 9.59 Å². The Hall–Kier alpha value is -1.41. The van der Waals surface area contributed by atoms with Crippen LogP contribution in [0.1, 0.15) is 5.56 Å². The maximum absolute atomic E-state index is 12.7. The standard InChI is InChI=1S/C12H11ClF3NO3S/c1-20-11(19)5-17-10(18)6-21-7-2-3-9(13)8(4-7)12(14,15)16/h2-4H,5-6H2,1H3,(H,17,18). The van der Waals surface area contributed by atoms with Gasteiger partial charge in [0.2, 0.25) is 5.91 Å². The Morgan fingerprint density at radius 2 is 2.05 bits per heavy atom. The normalized spacial score (nSPS) is 11.1. The molecule has 4 nitrogen and oxygen atoms in total. The summed E-state index contributed by atoms with van der Waals surface area (Å²) in [7, 11) is 1.18. The van der Waals surface area contributed by atoms with Crippen LogP contribution < -0.4 is 5.32 Å². The first kappa shape index (κ1) is 17.6. The molecule has 1 rings (SSSR count). The molecule has 0 fully saturated rings. The van der Waals surface area contributed by atoms with Crippen molar-refractivity contribution in [1.29, 1.82) is 0 Å². The zero-order chi connectivity index (χ0) is 16.0. The lowest BCUT2D eigenvalue weighted by Gasteiger charge is -2.10. The second kappa shape index (κ2) is 7.56. The SMILES string of the molecule is COC(=O)CNC(=O)CSc1ccc(Cl)c(C(F)(F)F)c1. The molecule has 0 aliphatic heterocycles. The minimum atomic E-state index is -4.55. The second-order valence-corrected chi connectivity index (χ2v) is 5.24. The molecule has 0 aliphatic rings. The predicted octanol–water partition coefficient (Wildman–Crippen LogP) is 2.74. The lowest BCUT2D eigenvalue weighted by molar-refractivity contribution is -0.141. The first-order chi connectivity index (χ1) is 9.74. The first-order valence-electron chi connectivity index (χ1n) is 5.57. The van der Waals surface area contributed by atoms with Gasteiger partial charge < -0.3 is 10.1 Å². The van der Waals surface area contributed by atoms with Gasteiger partial charge in [-0.25, -0.2) is 0 Å². The van der Waals surface area contributed by atoms with Crippen LogP contribution in [0, 0.1) is 0 Å². The smallest absolute Gasteiger partial charge is 0.417 e. The van der Waals surface area contributed by atoms with Crippen LogP contribution >= 0.6 is 23.4 Å². The van der Waals surface area contributed by atoms with Crippen molar-refractivity contribution in [3.8, 4) is 0 Å². The van der Waals surface area contributed by atoms with Crippen LogP contribution in [0.2, 0.25) is 5.02 Å². The van der Waals surface area contributed by atoms with E-state index in [1.54, 1.807) is 0 Å². The summed E-state index contributed by atoms with van der Waals surface area (Å²) in [5, 5.41) is 1.88. The molecule has 0 spiro atoms. The summed E-state index contributed by atoms with van der Waals surface area (Å²) < 4.78 is 42.3. The lowest BCUT2D eigenvalue weighted by atomic mass is 10.2. The molecule has 0 bridgehead atoms. The molecule has 9 heteroatoms. The number of methoxy groups -OCH3 is 1. The molecule has 0 saturated heterocycles. The van der Waals surface area contributed by atoms with E-state index in [1.807, 2.05) is 0 Å². The fourth-order valence-corrected chi connectivity index (χ4v) is 2.24. The molecule has 0 saturated carbocycles. The van der Waals surface area contributed by atoms with Crippen LogP contribution in [-0.4, -0.2) is 31.3 Å². The van der Waals surface area contributed by atoms with E-state index in [2.05, 4.69) is 10.1 Å². The quantitative estimate of drug-likeness (QED) is 0.661. The highest BCUT2D eigenvalue weighted by molar-refractivity contribution is 8.00. The van der Waals surface area contributed by atoms with Crippen molar-refractivity contribution in [3.05, 3.63) is 28.8 Å². The Balaban J connectivity index is 2.60. The van der Waals surface area contributed by atoms with Gasteiger partial charge in [-0.05, 0) is 18.2 Å². The number of ether oxygens (including phenoxy) is 1. The zero-order valence-electron chi connectivity index (χ0n) is 10.8. The van der Waals surface area contributed by atoms with Gasteiger partial charge in [-0.2, -0.15) is 13.2 Å². The number of esters is 1. The summed E-state index contributed by atoms with van der Waals surface area (Å²) in [4.78, 5) is 22.4. The number of carbonyl (C=O) groups is 2. The molecule has 0 heterocycles. The summed E-state index contributed by atoms with van der Waals surface area (Å²) in [6.45, 7) is -0.287. The molecule has 1 amide bonds. The van der Waals surface area contributed by atoms with E-state index >= 15 is 0 Å². The molecule has 0 aliphatic carbocycles. The van der Waals surface area contributed by atoms with Crippen LogP contribution in [0.25, 0.3) is 0 Å². The van der Waals surface area contributed by atoms with Gasteiger partial charge in [0.15, 0.2) is 0 Å². The molecule has 1 aromatic rings. The Labute approximate surface area is 128 Å². The fourth-order valence-electron chi connectivity index (χ4n) is 1.25. The molecule has 0 atom stereocenters. The average Bonchev–Trinajstić information content (AvgIpc) is 2.42. The maximum atomic E-state index is 12.7. The van der Waals surface area contributed by atoms with E-state index in [0.29, 0.717) is 0 Å². The Kier molecular flexibility index (Phi) is 6.35. The second-order valence-electron chi connectivity index (χ2n) is 3.78. The van der Waals surface area contributed by atoms with E-state index in [9.17, 15) is 22.8 Å². The molecule has 0 aromatic heterocycles. The van der Waals surface area contributed by atoms with Crippen molar-refractivity contribution >= 4 is 35.2 Å². The van der Waals surface area contributed by atoms with Crippen molar-refractivity contribution in [2.24, 2.45) is 0 Å². The van der Waals surface area contributed by atoms with Crippen molar-refractivity contribution in [1.82, 2.24) is 5.32 Å². The Bertz CT molecular complexity index is 537. The summed E-state index contributed by atoms with van der Waals surface area (Å²) >= 11 is 6.39. The molecule has 1 N–H and O–H groups in total. The summed E-state index contributed by atoms with van der Waals surface area (Å²) in [5.74, 6) is -1.23. The number of carbonyl (C=O) groups excluding carboxylic acids is 2. The zero-order valence-corrected chi connectivity index (χ0v) is 12.4. The average molecular weight is 342 g/mol. The summed E-state index contributed by atoms with van der Waals surface area (Å²) in [6, 6.07) is 3.38. The molecule has 0 unspecified atom stereocenters. The van der Waals surface area contributed by atoms with Gasteiger partial charge in [0.25, 0.3) is 0 Å². The highest BCUT2D eigenvalue weighted by Crippen LogP contribution is 2.36. The molecule has 21 heavy (non-hydrogen) atoms. The van der Waals surface area contributed by atoms with Crippen LogP contribution in [0.5, 0.6) is 0 Å². The number of hydrogen-bond donors (Lipinski definition) is 1. The Morgan fingerprint density at radius 3 is 2.62 bits per heavy atom. The van der Waals surface area contributed by atoms with Gasteiger partial charge in [0.1, 0.15) is 6.54 Å². The molecular weight excluding hydrogens is 331 g/mol. The minimum absolute atomic E-state index is 0.129. The third-order valence-electron chi connectivity index (χ3n) is 2.27. The number of amides is 1. The summed E-state index contributed by atoms with van der Waals surface area (Å²) in [6.07, 6.45) is -4.55. The van der Waals surface area contributed by atoms with Crippen molar-refractivity contribution in [3.63, 3.8) is 0 Å². The number of nitrogens with one attached hydrogen (secondary N) is 1. The van der Waals surface area contributed by atoms with Crippen LogP contribution in [0.4, 0.5) is 13.2 Å². The summed E-state index contributed by atoms with van der Waals surface area (Å²) in [5.41, 5.74) is -0.955. The fraction of sp³-hybridized carbons (Fsp3) is 0.333. The van der Waals surface area contributed by atoms with Gasteiger partial charge in [0, 0.05) is 4.90 Å². The number of hydrogen-bond acceptors (Lipinski definition) is 4. The van der Waals surface area contributed by atoms with E-state index in [1.165, 1.54) is 13.2 Å². The minimum Gasteiger partial charge on any atom is -0.468 e. The van der Waals surface area contributed by atoms with E-state index in [-0.39, 0.29) is 17.2 Å². The third-order valence-corrected chi connectivity index (χ3v) is 3.59. The first-order valence-corrected chi connectivity index (χ1v) is 6.93. The lowest BCUT2D eigenvalue weighted by Crippen LogP contribution is -2.31. The van der Waals surface area contributed by atoms with Gasteiger partial charge in [0.05, 0.1) is 23.4 Å². The topological polar surface area (TPSA) is 55.4 Å².